The Kier molecular flexibility index (Phi) is 5.69. The van der Waals surface area contributed by atoms with Gasteiger partial charge in [0.1, 0.15) is 5.82 Å². The molecule has 3 heterocycles. The van der Waals surface area contributed by atoms with Crippen molar-refractivity contribution in [3.8, 4) is 11.3 Å². The maximum absolute atomic E-state index is 14.5. The largest absolute Gasteiger partial charge is 0.393 e. The molecule has 2 aliphatic heterocycles. The zero-order valence-electron chi connectivity index (χ0n) is 21.1. The van der Waals surface area contributed by atoms with Crippen LogP contribution >= 0.6 is 0 Å². The first-order valence-electron chi connectivity index (χ1n) is 13.7. The number of anilines is 1. The number of rotatable bonds is 6. The topological polar surface area (TPSA) is 81.2 Å². The van der Waals surface area contributed by atoms with Gasteiger partial charge in [-0.1, -0.05) is 30.3 Å². The molecule has 1 aliphatic carbocycles. The first-order valence-corrected chi connectivity index (χ1v) is 13.7. The van der Waals surface area contributed by atoms with Crippen molar-refractivity contribution >= 4 is 22.5 Å². The van der Waals surface area contributed by atoms with Gasteiger partial charge in [0.05, 0.1) is 23.4 Å². The van der Waals surface area contributed by atoms with E-state index in [0.717, 1.165) is 60.7 Å². The van der Waals surface area contributed by atoms with Crippen molar-refractivity contribution in [2.24, 2.45) is 5.92 Å². The Morgan fingerprint density at radius 2 is 1.74 bits per heavy atom. The second-order valence-electron chi connectivity index (χ2n) is 11.1. The molecule has 4 aromatic rings. The number of halogens is 1. The molecule has 1 aromatic heterocycles. The average Bonchev–Trinajstić information content (AvgIpc) is 3.62. The van der Waals surface area contributed by atoms with Gasteiger partial charge in [0.15, 0.2) is 0 Å². The number of carbonyl (C=O) groups is 1. The van der Waals surface area contributed by atoms with Gasteiger partial charge in [0.25, 0.3) is 5.91 Å². The van der Waals surface area contributed by atoms with E-state index in [1.807, 2.05) is 18.2 Å². The molecule has 3 N–H and O–H groups in total. The highest BCUT2D eigenvalue weighted by Gasteiger charge is 2.40. The third-order valence-electron chi connectivity index (χ3n) is 8.59. The Balaban J connectivity index is 1.14. The molecule has 6 nitrogen and oxygen atoms in total. The highest BCUT2D eigenvalue weighted by molar-refractivity contribution is 6.01. The molecule has 7 heteroatoms. The number of aromatic nitrogens is 2. The summed E-state index contributed by atoms with van der Waals surface area (Å²) in [5.74, 6) is -0.229. The smallest absolute Gasteiger partial charge is 0.251 e. The monoisotopic (exact) mass is 510 g/mol. The highest BCUT2D eigenvalue weighted by atomic mass is 19.1. The Bertz CT molecular complexity index is 1480. The maximum atomic E-state index is 14.5. The molecule has 38 heavy (non-hydrogen) atoms. The fourth-order valence-electron chi connectivity index (χ4n) is 6.57. The third-order valence-corrected chi connectivity index (χ3v) is 8.59. The van der Waals surface area contributed by atoms with Gasteiger partial charge in [0, 0.05) is 39.8 Å². The fourth-order valence-corrected chi connectivity index (χ4v) is 6.57. The standard InChI is InChI=1S/C31H31FN4O2/c32-27-4-2-1-3-25(27)29(18-5-6-18)33-31(38)20-9-14-28-26(15-20)30(35-34-28)19-7-10-21(11-8-19)36-22-12-13-23(36)17-24(37)16-22/h1-4,7-11,14-15,18,22-24,29,37H,5-6,12-13,16-17H2,(H,33,38)(H,34,35)/t22-,23+,24?,29-/m0/s1. The number of aliphatic hydroxyl groups excluding tert-OH is 1. The van der Waals surface area contributed by atoms with E-state index in [4.69, 9.17) is 0 Å². The predicted octanol–water partition coefficient (Wildman–Crippen LogP) is 5.74. The van der Waals surface area contributed by atoms with Crippen LogP contribution in [0.5, 0.6) is 0 Å². The minimum atomic E-state index is -0.332. The fraction of sp³-hybridized carbons (Fsp3) is 0.355. The Labute approximate surface area is 220 Å². The van der Waals surface area contributed by atoms with Gasteiger partial charge in [-0.15, -0.1) is 0 Å². The van der Waals surface area contributed by atoms with E-state index in [0.29, 0.717) is 23.2 Å². The van der Waals surface area contributed by atoms with E-state index in [-0.39, 0.29) is 29.8 Å². The van der Waals surface area contributed by atoms with E-state index in [2.05, 4.69) is 44.7 Å². The lowest BCUT2D eigenvalue weighted by Crippen LogP contribution is -2.44. The van der Waals surface area contributed by atoms with Crippen molar-refractivity contribution in [2.45, 2.75) is 62.8 Å². The van der Waals surface area contributed by atoms with Crippen LogP contribution in [0.15, 0.2) is 66.7 Å². The number of fused-ring (bicyclic) bond motifs is 3. The van der Waals surface area contributed by atoms with Crippen LogP contribution in [0.25, 0.3) is 22.2 Å². The number of aromatic amines is 1. The van der Waals surface area contributed by atoms with Crippen molar-refractivity contribution in [3.05, 3.63) is 83.7 Å². The summed E-state index contributed by atoms with van der Waals surface area (Å²) in [7, 11) is 0. The molecule has 2 bridgehead atoms. The van der Waals surface area contributed by atoms with Crippen LogP contribution in [0.4, 0.5) is 10.1 Å². The second-order valence-corrected chi connectivity index (χ2v) is 11.1. The number of hydrogen-bond acceptors (Lipinski definition) is 4. The van der Waals surface area contributed by atoms with Crippen molar-refractivity contribution in [2.75, 3.05) is 4.90 Å². The van der Waals surface area contributed by atoms with Crippen LogP contribution < -0.4 is 10.2 Å². The van der Waals surface area contributed by atoms with Crippen LogP contribution in [0.1, 0.15) is 60.5 Å². The summed E-state index contributed by atoms with van der Waals surface area (Å²) in [6.07, 6.45) is 5.74. The molecule has 2 saturated heterocycles. The number of nitrogens with zero attached hydrogens (tertiary/aromatic N) is 2. The lowest BCUT2D eigenvalue weighted by Gasteiger charge is -2.39. The number of nitrogens with one attached hydrogen (secondary N) is 2. The number of amides is 1. The molecular formula is C31H31FN4O2. The summed E-state index contributed by atoms with van der Waals surface area (Å²) in [6.45, 7) is 0. The molecule has 1 unspecified atom stereocenters. The quantitative estimate of drug-likeness (QED) is 0.309. The van der Waals surface area contributed by atoms with Crippen LogP contribution in [0.3, 0.4) is 0 Å². The van der Waals surface area contributed by atoms with Crippen LogP contribution in [-0.2, 0) is 0 Å². The van der Waals surface area contributed by atoms with Crippen molar-refractivity contribution in [1.82, 2.24) is 15.5 Å². The molecule has 0 radical (unpaired) electrons. The Morgan fingerprint density at radius 1 is 1.00 bits per heavy atom. The van der Waals surface area contributed by atoms with Gasteiger partial charge in [-0.05, 0) is 80.8 Å². The summed E-state index contributed by atoms with van der Waals surface area (Å²) in [4.78, 5) is 15.8. The molecule has 3 aliphatic rings. The first kappa shape index (κ1) is 23.4. The van der Waals surface area contributed by atoms with Crippen LogP contribution in [0, 0.1) is 11.7 Å². The molecule has 0 spiro atoms. The van der Waals surface area contributed by atoms with Gasteiger partial charge in [-0.2, -0.15) is 5.10 Å². The highest BCUT2D eigenvalue weighted by Crippen LogP contribution is 2.42. The minimum absolute atomic E-state index is 0.184. The lowest BCUT2D eigenvalue weighted by molar-refractivity contribution is 0.0931. The number of benzene rings is 3. The van der Waals surface area contributed by atoms with Crippen molar-refractivity contribution < 1.29 is 14.3 Å². The Morgan fingerprint density at radius 3 is 2.45 bits per heavy atom. The average molecular weight is 511 g/mol. The molecule has 3 aromatic carbocycles. The summed E-state index contributed by atoms with van der Waals surface area (Å²) >= 11 is 0. The van der Waals surface area contributed by atoms with Gasteiger partial charge in [-0.3, -0.25) is 9.89 Å². The van der Waals surface area contributed by atoms with E-state index in [1.165, 1.54) is 11.8 Å². The summed E-state index contributed by atoms with van der Waals surface area (Å²) in [5.41, 5.74) is 4.89. The molecule has 194 valence electrons. The predicted molar refractivity (Wildman–Crippen MR) is 145 cm³/mol. The summed E-state index contributed by atoms with van der Waals surface area (Å²) in [5, 5.41) is 21.8. The molecule has 4 atom stereocenters. The zero-order valence-corrected chi connectivity index (χ0v) is 21.1. The normalized spacial score (nSPS) is 23.5. The van der Waals surface area contributed by atoms with Gasteiger partial charge in [0.2, 0.25) is 0 Å². The number of hydrogen-bond donors (Lipinski definition) is 3. The van der Waals surface area contributed by atoms with Crippen molar-refractivity contribution in [1.29, 1.82) is 0 Å². The minimum Gasteiger partial charge on any atom is -0.393 e. The van der Waals surface area contributed by atoms with Gasteiger partial charge in [-0.25, -0.2) is 4.39 Å². The molecule has 3 fully saturated rings. The third kappa shape index (κ3) is 4.15. The maximum Gasteiger partial charge on any atom is 0.251 e. The molecule has 1 saturated carbocycles. The summed E-state index contributed by atoms with van der Waals surface area (Å²) in [6, 6.07) is 21.2. The number of H-pyrrole nitrogens is 1. The van der Waals surface area contributed by atoms with E-state index < -0.39 is 0 Å². The molecule has 1 amide bonds. The van der Waals surface area contributed by atoms with Crippen LogP contribution in [-0.4, -0.2) is 39.4 Å². The number of piperidine rings is 1. The van der Waals surface area contributed by atoms with Gasteiger partial charge < -0.3 is 15.3 Å². The van der Waals surface area contributed by atoms with Crippen molar-refractivity contribution in [3.63, 3.8) is 0 Å². The number of carbonyl (C=O) groups excluding carboxylic acids is 1. The summed E-state index contributed by atoms with van der Waals surface area (Å²) < 4.78 is 14.5. The van der Waals surface area contributed by atoms with Crippen LogP contribution in [0.2, 0.25) is 0 Å². The zero-order chi connectivity index (χ0) is 25.8. The first-order chi connectivity index (χ1) is 18.5. The SMILES string of the molecule is O=C(N[C@H](c1ccccc1F)C1CC1)c1ccc2[nH]nc(-c3ccc(N4[C@@H]5CC[C@H]4CC(O)C5)cc3)c2c1. The number of aliphatic hydroxyl groups is 1. The Hall–Kier alpha value is -3.71. The van der Waals surface area contributed by atoms with E-state index in [9.17, 15) is 14.3 Å². The van der Waals surface area contributed by atoms with E-state index >= 15 is 0 Å². The molecular weight excluding hydrogens is 479 g/mol. The van der Waals surface area contributed by atoms with E-state index in [1.54, 1.807) is 18.2 Å². The second kappa shape index (κ2) is 9.24. The molecule has 7 rings (SSSR count). The van der Waals surface area contributed by atoms with Gasteiger partial charge >= 0.3 is 0 Å². The lowest BCUT2D eigenvalue weighted by atomic mass is 9.98.